The molecule has 0 aliphatic heterocycles. The topological polar surface area (TPSA) is 50.8 Å². The zero-order chi connectivity index (χ0) is 17.7. The van der Waals surface area contributed by atoms with Gasteiger partial charge in [-0.1, -0.05) is 0 Å². The number of hydrogen-bond acceptors (Lipinski definition) is 3. The zero-order valence-corrected chi connectivity index (χ0v) is 16.2. The summed E-state index contributed by atoms with van der Waals surface area (Å²) in [6.45, 7) is 2.14. The van der Waals surface area contributed by atoms with Gasteiger partial charge < -0.3 is 0 Å². The standard InChI is InChI=1S/C21H17N3OSe/c1-12-18(17-11-14-5-3-4-6-16(14)19(17)22-12)21-24-23-20(26-21)13-7-9-15(25-2)10-8-13/h3-10,22H,11H2,1-2H3. The number of H-pyrrole nitrogens is 1. The van der Waals surface area contributed by atoms with E-state index < -0.39 is 0 Å². The van der Waals surface area contributed by atoms with Crippen LogP contribution in [0.2, 0.25) is 0 Å². The molecule has 0 amide bonds. The van der Waals surface area contributed by atoms with Crippen LogP contribution in [0.15, 0.2) is 48.5 Å². The van der Waals surface area contributed by atoms with E-state index >= 15 is 0 Å². The Morgan fingerprint density at radius 2 is 1.77 bits per heavy atom. The Hall–Kier alpha value is -2.62. The third-order valence-corrected chi connectivity index (χ3v) is 7.00. The van der Waals surface area contributed by atoms with Crippen molar-refractivity contribution < 1.29 is 4.74 Å². The van der Waals surface area contributed by atoms with Gasteiger partial charge in [-0.25, -0.2) is 0 Å². The van der Waals surface area contributed by atoms with Gasteiger partial charge in [-0.15, -0.1) is 0 Å². The zero-order valence-electron chi connectivity index (χ0n) is 14.5. The first kappa shape index (κ1) is 15.6. The van der Waals surface area contributed by atoms with E-state index in [4.69, 9.17) is 4.74 Å². The van der Waals surface area contributed by atoms with Crippen molar-refractivity contribution in [3.8, 4) is 37.3 Å². The van der Waals surface area contributed by atoms with Crippen LogP contribution in [0.1, 0.15) is 16.8 Å². The van der Waals surface area contributed by atoms with Gasteiger partial charge in [0.1, 0.15) is 0 Å². The number of nitrogens with zero attached hydrogens (tertiary/aromatic N) is 2. The molecule has 128 valence electrons. The average molecular weight is 406 g/mol. The van der Waals surface area contributed by atoms with Gasteiger partial charge in [0.2, 0.25) is 0 Å². The number of rotatable bonds is 3. The Balaban J connectivity index is 1.56. The molecule has 0 fully saturated rings. The molecule has 26 heavy (non-hydrogen) atoms. The number of aromatic amines is 1. The molecule has 0 spiro atoms. The monoisotopic (exact) mass is 407 g/mol. The minimum absolute atomic E-state index is 0.101. The summed E-state index contributed by atoms with van der Waals surface area (Å²) in [5, 5.41) is 9.05. The molecular formula is C21H17N3OSe. The molecule has 2 aromatic heterocycles. The fourth-order valence-electron chi connectivity index (χ4n) is 3.66. The Morgan fingerprint density at radius 3 is 2.58 bits per heavy atom. The Labute approximate surface area is 157 Å². The number of aromatic nitrogens is 3. The second kappa shape index (κ2) is 5.97. The van der Waals surface area contributed by atoms with Crippen LogP contribution in [0.4, 0.5) is 0 Å². The average Bonchev–Trinajstić information content (AvgIpc) is 3.35. The van der Waals surface area contributed by atoms with Gasteiger partial charge in [0.15, 0.2) is 0 Å². The summed E-state index contributed by atoms with van der Waals surface area (Å²) in [6.07, 6.45) is 0.970. The molecule has 0 bridgehead atoms. The van der Waals surface area contributed by atoms with Crippen molar-refractivity contribution in [2.45, 2.75) is 13.3 Å². The minimum atomic E-state index is 0.101. The van der Waals surface area contributed by atoms with E-state index in [1.807, 2.05) is 12.1 Å². The van der Waals surface area contributed by atoms with Gasteiger partial charge in [-0.05, 0) is 0 Å². The van der Waals surface area contributed by atoms with Crippen molar-refractivity contribution in [3.05, 3.63) is 65.4 Å². The summed E-state index contributed by atoms with van der Waals surface area (Å²) in [7, 11) is 1.68. The fraction of sp³-hybridized carbons (Fsp3) is 0.143. The molecule has 0 saturated heterocycles. The summed E-state index contributed by atoms with van der Waals surface area (Å²) in [5.74, 6) is 0.859. The summed E-state index contributed by atoms with van der Waals surface area (Å²) in [4.78, 5) is 3.59. The van der Waals surface area contributed by atoms with E-state index in [9.17, 15) is 0 Å². The van der Waals surface area contributed by atoms with E-state index in [0.29, 0.717) is 0 Å². The Bertz CT molecular complexity index is 1110. The quantitative estimate of drug-likeness (QED) is 0.460. The van der Waals surface area contributed by atoms with Gasteiger partial charge in [0.25, 0.3) is 0 Å². The molecule has 1 aliphatic rings. The van der Waals surface area contributed by atoms with Gasteiger partial charge in [-0.2, -0.15) is 0 Å². The predicted molar refractivity (Wildman–Crippen MR) is 104 cm³/mol. The van der Waals surface area contributed by atoms with Crippen molar-refractivity contribution >= 4 is 14.5 Å². The van der Waals surface area contributed by atoms with Crippen LogP contribution in [0, 0.1) is 6.92 Å². The van der Waals surface area contributed by atoms with Crippen LogP contribution in [0.5, 0.6) is 5.75 Å². The maximum atomic E-state index is 5.24. The van der Waals surface area contributed by atoms with Crippen LogP contribution in [-0.4, -0.2) is 36.8 Å². The summed E-state index contributed by atoms with van der Waals surface area (Å²) in [6, 6.07) is 16.7. The normalized spacial score (nSPS) is 12.1. The van der Waals surface area contributed by atoms with E-state index in [1.54, 1.807) is 7.11 Å². The number of hydrogen-bond donors (Lipinski definition) is 1. The fourth-order valence-corrected chi connectivity index (χ4v) is 5.71. The van der Waals surface area contributed by atoms with E-state index in [1.165, 1.54) is 33.6 Å². The molecule has 2 heterocycles. The Kier molecular flexibility index (Phi) is 3.59. The number of benzene rings is 2. The van der Waals surface area contributed by atoms with Crippen molar-refractivity contribution in [1.29, 1.82) is 0 Å². The molecule has 1 N–H and O–H groups in total. The first-order chi connectivity index (χ1) is 12.7. The van der Waals surface area contributed by atoms with E-state index in [2.05, 4.69) is 58.5 Å². The van der Waals surface area contributed by atoms with E-state index in [0.717, 1.165) is 26.9 Å². The van der Waals surface area contributed by atoms with Crippen molar-refractivity contribution in [3.63, 3.8) is 0 Å². The van der Waals surface area contributed by atoms with Crippen molar-refractivity contribution in [1.82, 2.24) is 15.2 Å². The molecule has 2 aromatic carbocycles. The SMILES string of the molecule is COc1ccc(-c2nnc(-c3c(C)[nH]c4c3Cc3ccccc3-4)[se]2)cc1. The molecule has 0 saturated carbocycles. The second-order valence-electron chi connectivity index (χ2n) is 6.45. The number of aryl methyl sites for hydroxylation is 1. The van der Waals surface area contributed by atoms with Crippen LogP contribution < -0.4 is 4.74 Å². The van der Waals surface area contributed by atoms with Gasteiger partial charge in [-0.3, -0.25) is 0 Å². The molecule has 0 radical (unpaired) electrons. The number of nitrogens with one attached hydrogen (secondary N) is 1. The first-order valence-corrected chi connectivity index (χ1v) is 10.2. The molecule has 4 nitrogen and oxygen atoms in total. The van der Waals surface area contributed by atoms with Crippen LogP contribution in [0.25, 0.3) is 31.5 Å². The molecule has 1 aliphatic carbocycles. The number of methoxy groups -OCH3 is 1. The Morgan fingerprint density at radius 1 is 1.00 bits per heavy atom. The number of ether oxygens (including phenoxy) is 1. The molecular weight excluding hydrogens is 389 g/mol. The van der Waals surface area contributed by atoms with Crippen LogP contribution >= 0.6 is 0 Å². The van der Waals surface area contributed by atoms with Crippen molar-refractivity contribution in [2.75, 3.05) is 7.11 Å². The third-order valence-electron chi connectivity index (χ3n) is 4.92. The summed E-state index contributed by atoms with van der Waals surface area (Å²) < 4.78 is 7.43. The van der Waals surface area contributed by atoms with E-state index in [-0.39, 0.29) is 14.5 Å². The molecule has 0 atom stereocenters. The molecule has 5 heteroatoms. The van der Waals surface area contributed by atoms with Crippen LogP contribution in [0.3, 0.4) is 0 Å². The van der Waals surface area contributed by atoms with Crippen molar-refractivity contribution in [2.24, 2.45) is 0 Å². The second-order valence-corrected chi connectivity index (χ2v) is 8.50. The molecule has 0 unspecified atom stereocenters. The summed E-state index contributed by atoms with van der Waals surface area (Å²) in [5.41, 5.74) is 8.91. The van der Waals surface area contributed by atoms with Gasteiger partial charge in [0.05, 0.1) is 0 Å². The maximum absolute atomic E-state index is 5.24. The van der Waals surface area contributed by atoms with Crippen LogP contribution in [-0.2, 0) is 6.42 Å². The molecule has 5 rings (SSSR count). The third kappa shape index (κ3) is 2.36. The summed E-state index contributed by atoms with van der Waals surface area (Å²) >= 11 is 0.101. The number of fused-ring (bicyclic) bond motifs is 3. The van der Waals surface area contributed by atoms with Gasteiger partial charge >= 0.3 is 157 Å². The first-order valence-electron chi connectivity index (χ1n) is 8.52. The van der Waals surface area contributed by atoms with Gasteiger partial charge in [0, 0.05) is 0 Å². The molecule has 4 aromatic rings. The predicted octanol–water partition coefficient (Wildman–Crippen LogP) is 4.08.